The molecule has 0 saturated carbocycles. The fourth-order valence-corrected chi connectivity index (χ4v) is 4.58. The van der Waals surface area contributed by atoms with Gasteiger partial charge in [0, 0.05) is 24.8 Å². The van der Waals surface area contributed by atoms with E-state index in [2.05, 4.69) is 5.32 Å². The van der Waals surface area contributed by atoms with Gasteiger partial charge < -0.3 is 10.4 Å². The molecule has 2 N–H and O–H groups in total. The number of carbonyl (C=O) groups is 1. The number of aromatic carboxylic acids is 1. The van der Waals surface area contributed by atoms with E-state index in [0.29, 0.717) is 24.3 Å². The van der Waals surface area contributed by atoms with Gasteiger partial charge in [0.2, 0.25) is 10.0 Å². The number of nitro groups is 1. The van der Waals surface area contributed by atoms with Crippen LogP contribution in [0, 0.1) is 17.0 Å². The van der Waals surface area contributed by atoms with E-state index in [9.17, 15) is 23.3 Å². The van der Waals surface area contributed by atoms with Gasteiger partial charge in [-0.15, -0.1) is 0 Å². The van der Waals surface area contributed by atoms with Crippen LogP contribution >= 0.6 is 0 Å². The molecule has 0 amide bonds. The Balaban J connectivity index is 2.00. The molecule has 1 heterocycles. The summed E-state index contributed by atoms with van der Waals surface area (Å²) in [5, 5.41) is 23.5. The normalized spacial score (nSPS) is 14.8. The maximum Gasteiger partial charge on any atom is 0.335 e. The van der Waals surface area contributed by atoms with Crippen molar-refractivity contribution in [2.24, 2.45) is 0 Å². The molecule has 3 rings (SSSR count). The second-order valence-electron chi connectivity index (χ2n) is 6.51. The second-order valence-corrected chi connectivity index (χ2v) is 8.45. The highest BCUT2D eigenvalue weighted by atomic mass is 32.2. The summed E-state index contributed by atoms with van der Waals surface area (Å²) in [6.07, 6.45) is 1.53. The molecule has 0 unspecified atom stereocenters. The van der Waals surface area contributed by atoms with Crippen LogP contribution in [0.4, 0.5) is 17.1 Å². The van der Waals surface area contributed by atoms with Crippen LogP contribution < -0.4 is 5.32 Å². The van der Waals surface area contributed by atoms with Crippen molar-refractivity contribution in [1.82, 2.24) is 4.31 Å². The molecule has 2 aromatic carbocycles. The van der Waals surface area contributed by atoms with Gasteiger partial charge in [-0.1, -0.05) is 6.07 Å². The largest absolute Gasteiger partial charge is 0.478 e. The number of sulfonamides is 1. The maximum atomic E-state index is 12.7. The zero-order chi connectivity index (χ0) is 20.5. The van der Waals surface area contributed by atoms with Gasteiger partial charge >= 0.3 is 5.97 Å². The number of rotatable bonds is 6. The van der Waals surface area contributed by atoms with E-state index in [-0.39, 0.29) is 16.1 Å². The van der Waals surface area contributed by atoms with Crippen LogP contribution in [0.2, 0.25) is 0 Å². The highest BCUT2D eigenvalue weighted by Crippen LogP contribution is 2.33. The molecule has 1 aliphatic heterocycles. The number of carboxylic acid groups (broad SMARTS) is 1. The molecule has 0 radical (unpaired) electrons. The van der Waals surface area contributed by atoms with Gasteiger partial charge in [-0.05, 0) is 49.6 Å². The molecule has 0 spiro atoms. The van der Waals surface area contributed by atoms with Crippen molar-refractivity contribution in [3.8, 4) is 0 Å². The van der Waals surface area contributed by atoms with Crippen LogP contribution in [-0.2, 0) is 10.0 Å². The van der Waals surface area contributed by atoms with E-state index < -0.39 is 26.6 Å². The molecule has 9 nitrogen and oxygen atoms in total. The summed E-state index contributed by atoms with van der Waals surface area (Å²) in [6, 6.07) is 8.07. The predicted octanol–water partition coefficient (Wildman–Crippen LogP) is 3.13. The number of anilines is 2. The maximum absolute atomic E-state index is 12.7. The molecule has 0 aliphatic carbocycles. The van der Waals surface area contributed by atoms with E-state index in [1.807, 2.05) is 0 Å². The Labute approximate surface area is 161 Å². The van der Waals surface area contributed by atoms with E-state index >= 15 is 0 Å². The summed E-state index contributed by atoms with van der Waals surface area (Å²) in [6.45, 7) is 2.53. The first-order valence-electron chi connectivity index (χ1n) is 8.60. The smallest absolute Gasteiger partial charge is 0.335 e. The predicted molar refractivity (Wildman–Crippen MR) is 103 cm³/mol. The lowest BCUT2D eigenvalue weighted by molar-refractivity contribution is -0.384. The SMILES string of the molecule is Cc1ccc(C(=O)O)cc1Nc1ccc(S(=O)(=O)N2CCCC2)cc1[N+](=O)[O-]. The van der Waals surface area contributed by atoms with Gasteiger partial charge in [-0.2, -0.15) is 4.31 Å². The first-order valence-corrected chi connectivity index (χ1v) is 10.0. The molecule has 1 fully saturated rings. The van der Waals surface area contributed by atoms with Crippen LogP contribution in [0.1, 0.15) is 28.8 Å². The second kappa shape index (κ2) is 7.56. The molecule has 0 aromatic heterocycles. The number of nitrogens with one attached hydrogen (secondary N) is 1. The van der Waals surface area contributed by atoms with E-state index in [4.69, 9.17) is 5.11 Å². The Morgan fingerprint density at radius 3 is 2.43 bits per heavy atom. The molecular weight excluding hydrogens is 386 g/mol. The van der Waals surface area contributed by atoms with Crippen LogP contribution in [0.3, 0.4) is 0 Å². The highest BCUT2D eigenvalue weighted by molar-refractivity contribution is 7.89. The Morgan fingerprint density at radius 1 is 1.14 bits per heavy atom. The minimum absolute atomic E-state index is 0.0315. The lowest BCUT2D eigenvalue weighted by Crippen LogP contribution is -2.27. The number of nitrogens with zero attached hydrogens (tertiary/aromatic N) is 2. The molecule has 10 heteroatoms. The Morgan fingerprint density at radius 2 is 1.82 bits per heavy atom. The van der Waals surface area contributed by atoms with Crippen LogP contribution in [-0.4, -0.2) is 41.8 Å². The van der Waals surface area contributed by atoms with Crippen LogP contribution in [0.5, 0.6) is 0 Å². The van der Waals surface area contributed by atoms with Crippen molar-refractivity contribution in [1.29, 1.82) is 0 Å². The van der Waals surface area contributed by atoms with Crippen molar-refractivity contribution in [3.05, 3.63) is 57.6 Å². The van der Waals surface area contributed by atoms with Gasteiger partial charge in [-0.3, -0.25) is 10.1 Å². The van der Waals surface area contributed by atoms with Crippen molar-refractivity contribution in [2.45, 2.75) is 24.7 Å². The Bertz CT molecular complexity index is 1050. The standard InChI is InChI=1S/C18H19N3O6S/c1-12-4-5-13(18(22)23)10-16(12)19-15-7-6-14(11-17(15)21(24)25)28(26,27)20-8-2-3-9-20/h4-7,10-11,19H,2-3,8-9H2,1H3,(H,22,23). The zero-order valence-corrected chi connectivity index (χ0v) is 15.9. The third-order valence-corrected chi connectivity index (χ3v) is 6.52. The van der Waals surface area contributed by atoms with Gasteiger partial charge in [0.1, 0.15) is 5.69 Å². The topological polar surface area (TPSA) is 130 Å². The minimum atomic E-state index is -3.79. The molecule has 0 atom stereocenters. The molecule has 2 aromatic rings. The molecule has 148 valence electrons. The summed E-state index contributed by atoms with van der Waals surface area (Å²) < 4.78 is 26.7. The van der Waals surface area contributed by atoms with E-state index in [1.54, 1.807) is 13.0 Å². The van der Waals surface area contributed by atoms with Crippen molar-refractivity contribution < 1.29 is 23.2 Å². The van der Waals surface area contributed by atoms with E-state index in [1.165, 1.54) is 28.6 Å². The number of benzene rings is 2. The van der Waals surface area contributed by atoms with Crippen molar-refractivity contribution >= 4 is 33.1 Å². The molecule has 28 heavy (non-hydrogen) atoms. The zero-order valence-electron chi connectivity index (χ0n) is 15.1. The fourth-order valence-electron chi connectivity index (χ4n) is 3.04. The van der Waals surface area contributed by atoms with Crippen molar-refractivity contribution in [3.63, 3.8) is 0 Å². The number of hydrogen-bond donors (Lipinski definition) is 2. The van der Waals surface area contributed by atoms with Gasteiger partial charge in [0.15, 0.2) is 0 Å². The number of aryl methyl sites for hydroxylation is 1. The third-order valence-electron chi connectivity index (χ3n) is 4.62. The molecular formula is C18H19N3O6S. The number of hydrogen-bond acceptors (Lipinski definition) is 6. The highest BCUT2D eigenvalue weighted by Gasteiger charge is 2.29. The summed E-state index contributed by atoms with van der Waals surface area (Å²) in [7, 11) is -3.79. The first kappa shape index (κ1) is 19.8. The Hall–Kier alpha value is -2.98. The molecule has 0 bridgehead atoms. The van der Waals surface area contributed by atoms with Crippen LogP contribution in [0.15, 0.2) is 41.3 Å². The third kappa shape index (κ3) is 3.82. The van der Waals surface area contributed by atoms with Crippen molar-refractivity contribution in [2.75, 3.05) is 18.4 Å². The number of nitro benzene ring substituents is 1. The lowest BCUT2D eigenvalue weighted by Gasteiger charge is -2.16. The summed E-state index contributed by atoms with van der Waals surface area (Å²) in [4.78, 5) is 21.9. The van der Waals surface area contributed by atoms with Gasteiger partial charge in [0.25, 0.3) is 5.69 Å². The van der Waals surface area contributed by atoms with Crippen LogP contribution in [0.25, 0.3) is 0 Å². The van der Waals surface area contributed by atoms with Gasteiger partial charge in [0.05, 0.1) is 15.4 Å². The lowest BCUT2D eigenvalue weighted by atomic mass is 10.1. The summed E-state index contributed by atoms with van der Waals surface area (Å²) in [5.41, 5.74) is 0.784. The number of carboxylic acids is 1. The summed E-state index contributed by atoms with van der Waals surface area (Å²) >= 11 is 0. The van der Waals surface area contributed by atoms with E-state index in [0.717, 1.165) is 18.9 Å². The monoisotopic (exact) mass is 405 g/mol. The summed E-state index contributed by atoms with van der Waals surface area (Å²) in [5.74, 6) is -1.12. The fraction of sp³-hybridized carbons (Fsp3) is 0.278. The quantitative estimate of drug-likeness (QED) is 0.558. The Kier molecular flexibility index (Phi) is 5.34. The molecule has 1 aliphatic rings. The van der Waals surface area contributed by atoms with Gasteiger partial charge in [-0.25, -0.2) is 13.2 Å². The average molecular weight is 405 g/mol. The first-order chi connectivity index (χ1) is 13.2. The molecule has 1 saturated heterocycles. The average Bonchev–Trinajstić information content (AvgIpc) is 3.19. The minimum Gasteiger partial charge on any atom is -0.478 e.